The predicted octanol–water partition coefficient (Wildman–Crippen LogP) is 7.44. The fourth-order valence-corrected chi connectivity index (χ4v) is 12.4. The monoisotopic (exact) mass is 652 g/mol. The van der Waals surface area contributed by atoms with E-state index in [0.29, 0.717) is 16.7 Å². The van der Waals surface area contributed by atoms with Crippen LogP contribution in [0.1, 0.15) is 16.7 Å². The van der Waals surface area contributed by atoms with Crippen molar-refractivity contribution in [3.05, 3.63) is 187 Å². The fourth-order valence-electron chi connectivity index (χ4n) is 7.49. The van der Waals surface area contributed by atoms with Gasteiger partial charge in [-0.1, -0.05) is 127 Å². The van der Waals surface area contributed by atoms with E-state index in [-0.39, 0.29) is 0 Å². The summed E-state index contributed by atoms with van der Waals surface area (Å²) in [4.78, 5) is 0. The minimum Gasteiger partial charge on any atom is -0.309 e. The average Bonchev–Trinajstić information content (AvgIpc) is 3.53. The lowest BCUT2D eigenvalue weighted by Gasteiger charge is -2.35. The summed E-state index contributed by atoms with van der Waals surface area (Å²) in [6.07, 6.45) is 0. The van der Waals surface area contributed by atoms with Crippen LogP contribution in [0.5, 0.6) is 0 Å². The summed E-state index contributed by atoms with van der Waals surface area (Å²) in [6.45, 7) is 0. The molecule has 0 aliphatic carbocycles. The molecule has 0 unspecified atom stereocenters. The zero-order valence-electron chi connectivity index (χ0n) is 27.0. The van der Waals surface area contributed by atoms with Gasteiger partial charge >= 0.3 is 0 Å². The molecule has 0 amide bonds. The third kappa shape index (κ3) is 4.80. The van der Waals surface area contributed by atoms with Gasteiger partial charge in [-0.2, -0.15) is 15.8 Å². The third-order valence-corrected chi connectivity index (χ3v) is 14.5. The number of para-hydroxylation sites is 1. The Morgan fingerprint density at radius 3 is 1.62 bits per heavy atom. The summed E-state index contributed by atoms with van der Waals surface area (Å²) in [7, 11) is -3.01. The molecule has 4 nitrogen and oxygen atoms in total. The Morgan fingerprint density at radius 2 is 1.02 bits per heavy atom. The SMILES string of the molecule is N#Cc1ccc2c(c1)c1ccccc1n2-c1ccc(-c2ccc(C#N)c([Si](c3ccccc3)(c3ccccc3)c3ccccc3)c2)c(C#N)c1. The van der Waals surface area contributed by atoms with Crippen molar-refractivity contribution in [3.63, 3.8) is 0 Å². The molecule has 8 aromatic rings. The Hall–Kier alpha value is -6.97. The second-order valence-electron chi connectivity index (χ2n) is 12.3. The van der Waals surface area contributed by atoms with E-state index < -0.39 is 8.07 Å². The smallest absolute Gasteiger partial charge is 0.180 e. The Kier molecular flexibility index (Phi) is 7.63. The van der Waals surface area contributed by atoms with E-state index in [1.54, 1.807) is 0 Å². The average molecular weight is 653 g/mol. The molecule has 1 heterocycles. The molecule has 0 saturated carbocycles. The van der Waals surface area contributed by atoms with E-state index in [1.807, 2.05) is 72.8 Å². The lowest BCUT2D eigenvalue weighted by atomic mass is 9.98. The van der Waals surface area contributed by atoms with Gasteiger partial charge in [-0.05, 0) is 74.3 Å². The van der Waals surface area contributed by atoms with Crippen molar-refractivity contribution in [1.82, 2.24) is 4.57 Å². The number of aromatic nitrogens is 1. The van der Waals surface area contributed by atoms with Crippen molar-refractivity contribution in [3.8, 4) is 35.0 Å². The van der Waals surface area contributed by atoms with Crippen molar-refractivity contribution < 1.29 is 0 Å². The van der Waals surface area contributed by atoms with Gasteiger partial charge in [0.15, 0.2) is 8.07 Å². The molecule has 232 valence electrons. The number of nitriles is 3. The minimum atomic E-state index is -3.01. The van der Waals surface area contributed by atoms with E-state index in [9.17, 15) is 15.8 Å². The van der Waals surface area contributed by atoms with E-state index in [0.717, 1.165) is 43.8 Å². The number of benzene rings is 7. The number of rotatable bonds is 6. The standard InChI is InChI=1S/C45H28N4Si/c46-29-32-20-25-44-42(26-32)41-18-10-11-19-43(41)49(44)36-23-24-40(35(27-36)31-48)33-21-22-34(30-47)45(28-33)50(37-12-4-1-5-13-37,38-14-6-2-7-15-38)39-16-8-3-9-17-39/h1-28H. The molecule has 0 saturated heterocycles. The van der Waals surface area contributed by atoms with Crippen LogP contribution in [0.3, 0.4) is 0 Å². The molecule has 5 heteroatoms. The van der Waals surface area contributed by atoms with Crippen LogP contribution >= 0.6 is 0 Å². The molecular weight excluding hydrogens is 625 g/mol. The first-order chi connectivity index (χ1) is 24.7. The van der Waals surface area contributed by atoms with Gasteiger partial charge in [-0.15, -0.1) is 0 Å². The molecule has 0 radical (unpaired) electrons. The molecule has 7 aromatic carbocycles. The van der Waals surface area contributed by atoms with E-state index >= 15 is 0 Å². The van der Waals surface area contributed by atoms with E-state index in [2.05, 4.69) is 120 Å². The summed E-state index contributed by atoms with van der Waals surface area (Å²) >= 11 is 0. The molecule has 0 N–H and O–H groups in total. The Bertz CT molecular complexity index is 2580. The zero-order valence-corrected chi connectivity index (χ0v) is 28.0. The Labute approximate surface area is 291 Å². The van der Waals surface area contributed by atoms with Crippen LogP contribution in [0.2, 0.25) is 0 Å². The van der Waals surface area contributed by atoms with Gasteiger partial charge < -0.3 is 4.57 Å². The highest BCUT2D eigenvalue weighted by molar-refractivity contribution is 7.20. The van der Waals surface area contributed by atoms with Gasteiger partial charge in [0.25, 0.3) is 0 Å². The van der Waals surface area contributed by atoms with Crippen LogP contribution in [0, 0.1) is 34.0 Å². The zero-order chi connectivity index (χ0) is 34.1. The molecule has 0 aliphatic heterocycles. The summed E-state index contributed by atoms with van der Waals surface area (Å²) < 4.78 is 2.15. The van der Waals surface area contributed by atoms with Crippen LogP contribution in [0.25, 0.3) is 38.6 Å². The summed E-state index contributed by atoms with van der Waals surface area (Å²) in [5.41, 5.74) is 6.25. The third-order valence-electron chi connectivity index (χ3n) is 9.66. The highest BCUT2D eigenvalue weighted by Crippen LogP contribution is 2.34. The molecule has 1 aromatic heterocycles. The number of nitrogens with zero attached hydrogens (tertiary/aromatic N) is 4. The largest absolute Gasteiger partial charge is 0.309 e. The molecule has 0 spiro atoms. The molecule has 0 aliphatic rings. The van der Waals surface area contributed by atoms with Crippen molar-refractivity contribution in [2.75, 3.05) is 0 Å². The van der Waals surface area contributed by atoms with Crippen molar-refractivity contribution in [2.24, 2.45) is 0 Å². The molecule has 0 bridgehead atoms. The number of hydrogen-bond acceptors (Lipinski definition) is 3. The highest BCUT2D eigenvalue weighted by Gasteiger charge is 2.43. The topological polar surface area (TPSA) is 76.3 Å². The van der Waals surface area contributed by atoms with Crippen LogP contribution in [0.15, 0.2) is 170 Å². The maximum Gasteiger partial charge on any atom is 0.180 e. The van der Waals surface area contributed by atoms with Crippen LogP contribution in [-0.4, -0.2) is 12.6 Å². The normalized spacial score (nSPS) is 11.1. The minimum absolute atomic E-state index is 0.532. The van der Waals surface area contributed by atoms with Crippen LogP contribution < -0.4 is 20.7 Å². The van der Waals surface area contributed by atoms with E-state index in [1.165, 1.54) is 15.6 Å². The van der Waals surface area contributed by atoms with Gasteiger partial charge in [-0.3, -0.25) is 0 Å². The van der Waals surface area contributed by atoms with Crippen molar-refractivity contribution in [1.29, 1.82) is 15.8 Å². The van der Waals surface area contributed by atoms with Crippen molar-refractivity contribution in [2.45, 2.75) is 0 Å². The van der Waals surface area contributed by atoms with Gasteiger partial charge in [0.2, 0.25) is 0 Å². The van der Waals surface area contributed by atoms with Crippen LogP contribution in [0.4, 0.5) is 0 Å². The quantitative estimate of drug-likeness (QED) is 0.138. The summed E-state index contributed by atoms with van der Waals surface area (Å²) in [5.74, 6) is 0. The first-order valence-corrected chi connectivity index (χ1v) is 18.4. The Morgan fingerprint density at radius 1 is 0.440 bits per heavy atom. The van der Waals surface area contributed by atoms with E-state index in [4.69, 9.17) is 0 Å². The Balaban J connectivity index is 1.37. The molecule has 50 heavy (non-hydrogen) atoms. The number of fused-ring (bicyclic) bond motifs is 3. The second-order valence-corrected chi connectivity index (χ2v) is 16.0. The predicted molar refractivity (Wildman–Crippen MR) is 204 cm³/mol. The van der Waals surface area contributed by atoms with Gasteiger partial charge in [-0.25, -0.2) is 0 Å². The molecule has 0 atom stereocenters. The lowest BCUT2D eigenvalue weighted by Crippen LogP contribution is -2.75. The number of hydrogen-bond donors (Lipinski definition) is 0. The van der Waals surface area contributed by atoms with Crippen molar-refractivity contribution >= 4 is 50.6 Å². The lowest BCUT2D eigenvalue weighted by molar-refractivity contribution is 1.18. The summed E-state index contributed by atoms with van der Waals surface area (Å²) in [6, 6.07) is 64.8. The van der Waals surface area contributed by atoms with Gasteiger partial charge in [0.1, 0.15) is 0 Å². The van der Waals surface area contributed by atoms with Gasteiger partial charge in [0, 0.05) is 16.5 Å². The van der Waals surface area contributed by atoms with Crippen LogP contribution in [-0.2, 0) is 0 Å². The fraction of sp³-hybridized carbons (Fsp3) is 0. The maximum absolute atomic E-state index is 10.6. The first-order valence-electron chi connectivity index (χ1n) is 16.4. The maximum atomic E-state index is 10.6. The second kappa shape index (κ2) is 12.6. The first kappa shape index (κ1) is 30.4. The molecule has 8 rings (SSSR count). The van der Waals surface area contributed by atoms with Gasteiger partial charge in [0.05, 0.1) is 45.9 Å². The molecule has 0 fully saturated rings. The summed E-state index contributed by atoms with van der Waals surface area (Å²) in [5, 5.41) is 37.4. The highest BCUT2D eigenvalue weighted by atomic mass is 28.3. The molecular formula is C45H28N4Si.